The first-order chi connectivity index (χ1) is 8.92. The van der Waals surface area contributed by atoms with Gasteiger partial charge >= 0.3 is 0 Å². The van der Waals surface area contributed by atoms with E-state index in [9.17, 15) is 0 Å². The first-order valence-electron chi connectivity index (χ1n) is 8.27. The first kappa shape index (κ1) is 12.9. The van der Waals surface area contributed by atoms with E-state index < -0.39 is 0 Å². The lowest BCUT2D eigenvalue weighted by molar-refractivity contribution is 0.0109. The van der Waals surface area contributed by atoms with Crippen molar-refractivity contribution in [2.24, 2.45) is 11.8 Å². The van der Waals surface area contributed by atoms with Gasteiger partial charge in [-0.1, -0.05) is 12.8 Å². The molecule has 1 saturated heterocycles. The summed E-state index contributed by atoms with van der Waals surface area (Å²) in [6.45, 7) is 2.17. The summed E-state index contributed by atoms with van der Waals surface area (Å²) in [4.78, 5) is 0. The molecule has 0 aromatic rings. The van der Waals surface area contributed by atoms with Crippen LogP contribution in [-0.4, -0.2) is 25.3 Å². The van der Waals surface area contributed by atoms with Gasteiger partial charge < -0.3 is 10.1 Å². The zero-order valence-electron chi connectivity index (χ0n) is 11.7. The van der Waals surface area contributed by atoms with E-state index in [4.69, 9.17) is 4.74 Å². The standard InChI is InChI=1S/C16H29NO/c1-2-11-18-16(6-1)9-10-17-15-5-3-4-14(12-15)13-7-8-13/h13-17H,1-12H2. The summed E-state index contributed by atoms with van der Waals surface area (Å²) in [6, 6.07) is 0.813. The minimum atomic E-state index is 0.550. The highest BCUT2D eigenvalue weighted by atomic mass is 16.5. The van der Waals surface area contributed by atoms with Crippen LogP contribution in [0, 0.1) is 11.8 Å². The molecule has 0 radical (unpaired) electrons. The molecule has 104 valence electrons. The van der Waals surface area contributed by atoms with Crippen molar-refractivity contribution in [2.45, 2.75) is 76.4 Å². The minimum Gasteiger partial charge on any atom is -0.378 e. The van der Waals surface area contributed by atoms with Crippen LogP contribution in [0.1, 0.15) is 64.2 Å². The predicted octanol–water partition coefficient (Wildman–Crippen LogP) is 3.50. The van der Waals surface area contributed by atoms with E-state index >= 15 is 0 Å². The summed E-state index contributed by atoms with van der Waals surface area (Å²) in [7, 11) is 0. The van der Waals surface area contributed by atoms with E-state index in [1.165, 1.54) is 70.8 Å². The zero-order valence-corrected chi connectivity index (χ0v) is 11.7. The Morgan fingerprint density at radius 1 is 0.889 bits per heavy atom. The molecule has 2 nitrogen and oxygen atoms in total. The SMILES string of the molecule is C1CCC(CCNC2CCCC(C3CC3)C2)OC1. The minimum absolute atomic E-state index is 0.550. The Hall–Kier alpha value is -0.0800. The Kier molecular flexibility index (Phi) is 4.58. The van der Waals surface area contributed by atoms with Crippen LogP contribution in [0.5, 0.6) is 0 Å². The Morgan fingerprint density at radius 2 is 1.83 bits per heavy atom. The summed E-state index contributed by atoms with van der Waals surface area (Å²) in [5, 5.41) is 3.80. The van der Waals surface area contributed by atoms with Crippen molar-refractivity contribution in [1.82, 2.24) is 5.32 Å². The highest BCUT2D eigenvalue weighted by molar-refractivity contribution is 4.87. The van der Waals surface area contributed by atoms with Crippen molar-refractivity contribution in [2.75, 3.05) is 13.2 Å². The molecular formula is C16H29NO. The van der Waals surface area contributed by atoms with Crippen molar-refractivity contribution in [3.05, 3.63) is 0 Å². The fraction of sp³-hybridized carbons (Fsp3) is 1.00. The van der Waals surface area contributed by atoms with Crippen LogP contribution in [0.3, 0.4) is 0 Å². The Morgan fingerprint density at radius 3 is 2.61 bits per heavy atom. The molecule has 3 unspecified atom stereocenters. The second-order valence-corrected chi connectivity index (χ2v) is 6.69. The van der Waals surface area contributed by atoms with Gasteiger partial charge in [0.2, 0.25) is 0 Å². The normalized spacial score (nSPS) is 37.7. The van der Waals surface area contributed by atoms with Gasteiger partial charge in [-0.15, -0.1) is 0 Å². The molecule has 3 rings (SSSR count). The summed E-state index contributed by atoms with van der Waals surface area (Å²) in [5.74, 6) is 2.17. The van der Waals surface area contributed by atoms with Crippen LogP contribution in [0.25, 0.3) is 0 Å². The molecule has 0 aromatic carbocycles. The van der Waals surface area contributed by atoms with Gasteiger partial charge in [0.05, 0.1) is 6.10 Å². The number of rotatable bonds is 5. The van der Waals surface area contributed by atoms with Crippen LogP contribution in [0.4, 0.5) is 0 Å². The molecule has 0 amide bonds. The summed E-state index contributed by atoms with van der Waals surface area (Å²) in [5.41, 5.74) is 0. The van der Waals surface area contributed by atoms with Crippen molar-refractivity contribution >= 4 is 0 Å². The monoisotopic (exact) mass is 251 g/mol. The smallest absolute Gasteiger partial charge is 0.0587 e. The second-order valence-electron chi connectivity index (χ2n) is 6.69. The van der Waals surface area contributed by atoms with Crippen LogP contribution in [0.15, 0.2) is 0 Å². The van der Waals surface area contributed by atoms with Gasteiger partial charge in [0.15, 0.2) is 0 Å². The van der Waals surface area contributed by atoms with Gasteiger partial charge in [0.1, 0.15) is 0 Å². The van der Waals surface area contributed by atoms with Crippen molar-refractivity contribution in [3.63, 3.8) is 0 Å². The number of hydrogen-bond acceptors (Lipinski definition) is 2. The van der Waals surface area contributed by atoms with Gasteiger partial charge in [0, 0.05) is 12.6 Å². The van der Waals surface area contributed by atoms with E-state index in [1.54, 1.807) is 0 Å². The molecule has 1 heterocycles. The Balaban J connectivity index is 1.32. The van der Waals surface area contributed by atoms with Crippen molar-refractivity contribution < 1.29 is 4.74 Å². The van der Waals surface area contributed by atoms with Crippen LogP contribution in [0.2, 0.25) is 0 Å². The van der Waals surface area contributed by atoms with Crippen molar-refractivity contribution in [3.8, 4) is 0 Å². The largest absolute Gasteiger partial charge is 0.378 e. The van der Waals surface area contributed by atoms with Gasteiger partial charge in [-0.25, -0.2) is 0 Å². The van der Waals surface area contributed by atoms with Gasteiger partial charge in [0.25, 0.3) is 0 Å². The Labute approximate surface area is 112 Å². The fourth-order valence-electron chi connectivity index (χ4n) is 3.89. The molecular weight excluding hydrogens is 222 g/mol. The molecule has 0 bridgehead atoms. The zero-order chi connectivity index (χ0) is 12.2. The van der Waals surface area contributed by atoms with Gasteiger partial charge in [-0.3, -0.25) is 0 Å². The molecule has 3 aliphatic rings. The maximum Gasteiger partial charge on any atom is 0.0587 e. The third-order valence-electron chi connectivity index (χ3n) is 5.18. The molecule has 0 aromatic heterocycles. The molecule has 1 aliphatic heterocycles. The molecule has 2 saturated carbocycles. The van der Waals surface area contributed by atoms with Crippen LogP contribution < -0.4 is 5.32 Å². The lowest BCUT2D eigenvalue weighted by atomic mass is 9.82. The number of hydrogen-bond donors (Lipinski definition) is 1. The summed E-state index contributed by atoms with van der Waals surface area (Å²) < 4.78 is 5.80. The maximum atomic E-state index is 5.80. The lowest BCUT2D eigenvalue weighted by Crippen LogP contribution is -2.36. The third kappa shape index (κ3) is 3.71. The summed E-state index contributed by atoms with van der Waals surface area (Å²) >= 11 is 0. The van der Waals surface area contributed by atoms with E-state index in [0.29, 0.717) is 6.10 Å². The third-order valence-corrected chi connectivity index (χ3v) is 5.18. The highest BCUT2D eigenvalue weighted by Crippen LogP contribution is 2.43. The Bertz CT molecular complexity index is 245. The van der Waals surface area contributed by atoms with E-state index in [-0.39, 0.29) is 0 Å². The van der Waals surface area contributed by atoms with Gasteiger partial charge in [-0.05, 0) is 69.7 Å². The molecule has 3 atom stereocenters. The van der Waals surface area contributed by atoms with Crippen LogP contribution in [-0.2, 0) is 4.74 Å². The molecule has 18 heavy (non-hydrogen) atoms. The van der Waals surface area contributed by atoms with E-state index in [1.807, 2.05) is 0 Å². The van der Waals surface area contributed by atoms with E-state index in [2.05, 4.69) is 5.32 Å². The highest BCUT2D eigenvalue weighted by Gasteiger charge is 2.34. The van der Waals surface area contributed by atoms with Crippen LogP contribution >= 0.6 is 0 Å². The fourth-order valence-corrected chi connectivity index (χ4v) is 3.89. The van der Waals surface area contributed by atoms with Gasteiger partial charge in [-0.2, -0.15) is 0 Å². The predicted molar refractivity (Wildman–Crippen MR) is 74.7 cm³/mol. The maximum absolute atomic E-state index is 5.80. The van der Waals surface area contributed by atoms with E-state index in [0.717, 1.165) is 24.5 Å². The molecule has 1 N–H and O–H groups in total. The topological polar surface area (TPSA) is 21.3 Å². The quantitative estimate of drug-likeness (QED) is 0.807. The average molecular weight is 251 g/mol. The number of ether oxygens (including phenoxy) is 1. The molecule has 0 spiro atoms. The number of nitrogens with one attached hydrogen (secondary N) is 1. The first-order valence-corrected chi connectivity index (χ1v) is 8.27. The molecule has 2 aliphatic carbocycles. The lowest BCUT2D eigenvalue weighted by Gasteiger charge is -2.31. The average Bonchev–Trinajstić information content (AvgIpc) is 3.25. The second kappa shape index (κ2) is 6.38. The molecule has 2 heteroatoms. The van der Waals surface area contributed by atoms with Crippen molar-refractivity contribution in [1.29, 1.82) is 0 Å². The summed E-state index contributed by atoms with van der Waals surface area (Å²) in [6.07, 6.45) is 14.6. The molecule has 3 fully saturated rings.